The number of nitrogens with zero attached hydrogens (tertiary/aromatic N) is 2. The zero-order valence-electron chi connectivity index (χ0n) is 10.8. The van der Waals surface area contributed by atoms with Crippen molar-refractivity contribution >= 4 is 28.2 Å². The highest BCUT2D eigenvalue weighted by atomic mass is 16.3. The summed E-state index contributed by atoms with van der Waals surface area (Å²) in [5.74, 6) is -0.159. The van der Waals surface area contributed by atoms with Gasteiger partial charge in [-0.25, -0.2) is 4.98 Å². The topological polar surface area (TPSA) is 94.0 Å². The first-order valence-corrected chi connectivity index (χ1v) is 6.01. The van der Waals surface area contributed by atoms with Crippen LogP contribution in [0.1, 0.15) is 16.2 Å². The van der Waals surface area contributed by atoms with Crippen LogP contribution in [0.4, 0.5) is 11.4 Å². The van der Waals surface area contributed by atoms with Gasteiger partial charge < -0.3 is 15.5 Å². The standard InChI is InChI=1S/C14H12N4O2/c1-8-13(20-7-17-8)14(19)18-11-5-4-10(15)12-9(11)3-2-6-16-12/h2-7H,15H2,1H3,(H,18,19). The predicted octanol–water partition coefficient (Wildman–Crippen LogP) is 2.37. The molecule has 0 radical (unpaired) electrons. The van der Waals surface area contributed by atoms with Gasteiger partial charge in [0.25, 0.3) is 5.91 Å². The summed E-state index contributed by atoms with van der Waals surface area (Å²) < 4.78 is 5.07. The SMILES string of the molecule is Cc1ncoc1C(=O)Nc1ccc(N)c2ncccc12. The van der Waals surface area contributed by atoms with E-state index in [1.165, 1.54) is 6.39 Å². The molecule has 1 aromatic carbocycles. The molecular weight excluding hydrogens is 256 g/mol. The first-order valence-electron chi connectivity index (χ1n) is 6.01. The summed E-state index contributed by atoms with van der Waals surface area (Å²) in [6.07, 6.45) is 2.90. The van der Waals surface area contributed by atoms with Gasteiger partial charge in [-0.3, -0.25) is 9.78 Å². The van der Waals surface area contributed by atoms with Gasteiger partial charge in [0.15, 0.2) is 6.39 Å². The molecule has 0 saturated heterocycles. The van der Waals surface area contributed by atoms with Crippen LogP contribution in [-0.4, -0.2) is 15.9 Å². The fourth-order valence-corrected chi connectivity index (χ4v) is 2.00. The minimum atomic E-state index is -0.352. The van der Waals surface area contributed by atoms with Crippen molar-refractivity contribution in [2.75, 3.05) is 11.1 Å². The van der Waals surface area contributed by atoms with E-state index in [4.69, 9.17) is 10.2 Å². The van der Waals surface area contributed by atoms with E-state index < -0.39 is 0 Å². The fraction of sp³-hybridized carbons (Fsp3) is 0.0714. The van der Waals surface area contributed by atoms with Crippen molar-refractivity contribution in [1.29, 1.82) is 0 Å². The van der Waals surface area contributed by atoms with Crippen LogP contribution in [0.15, 0.2) is 41.3 Å². The number of aromatic nitrogens is 2. The lowest BCUT2D eigenvalue weighted by Gasteiger charge is -2.08. The lowest BCUT2D eigenvalue weighted by Crippen LogP contribution is -2.12. The van der Waals surface area contributed by atoms with Crippen LogP contribution in [0.2, 0.25) is 0 Å². The maximum Gasteiger partial charge on any atom is 0.293 e. The first kappa shape index (κ1) is 12.2. The molecule has 0 unspecified atom stereocenters. The molecular formula is C14H12N4O2. The number of nitrogens with two attached hydrogens (primary N) is 1. The number of benzene rings is 1. The normalized spacial score (nSPS) is 10.7. The van der Waals surface area contributed by atoms with E-state index in [0.717, 1.165) is 5.39 Å². The van der Waals surface area contributed by atoms with Gasteiger partial charge in [-0.15, -0.1) is 0 Å². The van der Waals surface area contributed by atoms with Gasteiger partial charge in [-0.05, 0) is 31.2 Å². The number of pyridine rings is 1. The minimum Gasteiger partial charge on any atom is -0.438 e. The maximum atomic E-state index is 12.1. The number of carbonyl (C=O) groups excluding carboxylic acids is 1. The molecule has 0 spiro atoms. The molecule has 0 aliphatic carbocycles. The molecule has 0 aliphatic rings. The zero-order chi connectivity index (χ0) is 14.1. The van der Waals surface area contributed by atoms with Crippen LogP contribution in [0.3, 0.4) is 0 Å². The molecule has 0 saturated carbocycles. The Morgan fingerprint density at radius 3 is 2.90 bits per heavy atom. The smallest absolute Gasteiger partial charge is 0.293 e. The first-order chi connectivity index (χ1) is 9.66. The highest BCUT2D eigenvalue weighted by Crippen LogP contribution is 2.26. The Morgan fingerprint density at radius 2 is 2.15 bits per heavy atom. The van der Waals surface area contributed by atoms with Crippen molar-refractivity contribution in [3.05, 3.63) is 48.3 Å². The molecule has 20 heavy (non-hydrogen) atoms. The second-order valence-electron chi connectivity index (χ2n) is 4.32. The second-order valence-corrected chi connectivity index (χ2v) is 4.32. The van der Waals surface area contributed by atoms with E-state index in [9.17, 15) is 4.79 Å². The van der Waals surface area contributed by atoms with Gasteiger partial charge in [-0.1, -0.05) is 0 Å². The summed E-state index contributed by atoms with van der Waals surface area (Å²) in [6, 6.07) is 7.08. The zero-order valence-corrected chi connectivity index (χ0v) is 10.8. The summed E-state index contributed by atoms with van der Waals surface area (Å²) in [6.45, 7) is 1.71. The van der Waals surface area contributed by atoms with Crippen LogP contribution in [0.25, 0.3) is 10.9 Å². The van der Waals surface area contributed by atoms with Crippen molar-refractivity contribution in [2.45, 2.75) is 6.92 Å². The molecule has 1 amide bonds. The Bertz CT molecular complexity index is 795. The van der Waals surface area contributed by atoms with Crippen molar-refractivity contribution in [2.24, 2.45) is 0 Å². The van der Waals surface area contributed by atoms with Gasteiger partial charge in [-0.2, -0.15) is 0 Å². The average molecular weight is 268 g/mol. The molecule has 6 heteroatoms. The average Bonchev–Trinajstić information content (AvgIpc) is 2.88. The summed E-state index contributed by atoms with van der Waals surface area (Å²) in [5, 5.41) is 3.56. The Labute approximate surface area is 114 Å². The Kier molecular flexibility index (Phi) is 2.83. The molecule has 3 aromatic rings. The number of anilines is 2. The Morgan fingerprint density at radius 1 is 1.30 bits per heavy atom. The molecule has 0 fully saturated rings. The number of hydrogen-bond acceptors (Lipinski definition) is 5. The Balaban J connectivity index is 2.02. The number of hydrogen-bond donors (Lipinski definition) is 2. The molecule has 6 nitrogen and oxygen atoms in total. The molecule has 3 rings (SSSR count). The van der Waals surface area contributed by atoms with Crippen molar-refractivity contribution in [3.63, 3.8) is 0 Å². The van der Waals surface area contributed by atoms with E-state index in [2.05, 4.69) is 15.3 Å². The van der Waals surface area contributed by atoms with E-state index in [1.807, 2.05) is 6.07 Å². The predicted molar refractivity (Wildman–Crippen MR) is 75.3 cm³/mol. The van der Waals surface area contributed by atoms with Crippen LogP contribution in [0, 0.1) is 6.92 Å². The van der Waals surface area contributed by atoms with Crippen LogP contribution >= 0.6 is 0 Å². The number of fused-ring (bicyclic) bond motifs is 1. The highest BCUT2D eigenvalue weighted by Gasteiger charge is 2.15. The van der Waals surface area contributed by atoms with E-state index >= 15 is 0 Å². The van der Waals surface area contributed by atoms with Gasteiger partial charge in [0.05, 0.1) is 22.6 Å². The van der Waals surface area contributed by atoms with Crippen molar-refractivity contribution < 1.29 is 9.21 Å². The molecule has 0 aliphatic heterocycles. The molecule has 100 valence electrons. The molecule has 3 N–H and O–H groups in total. The third kappa shape index (κ3) is 1.97. The molecule has 2 aromatic heterocycles. The van der Waals surface area contributed by atoms with Gasteiger partial charge in [0.2, 0.25) is 5.76 Å². The fourth-order valence-electron chi connectivity index (χ4n) is 2.00. The largest absolute Gasteiger partial charge is 0.438 e. The van der Waals surface area contributed by atoms with E-state index in [-0.39, 0.29) is 11.7 Å². The van der Waals surface area contributed by atoms with E-state index in [1.54, 1.807) is 31.3 Å². The van der Waals surface area contributed by atoms with Gasteiger partial charge in [0, 0.05) is 11.6 Å². The number of oxazole rings is 1. The monoisotopic (exact) mass is 268 g/mol. The number of aryl methyl sites for hydroxylation is 1. The quantitative estimate of drug-likeness (QED) is 0.696. The number of carbonyl (C=O) groups is 1. The van der Waals surface area contributed by atoms with Crippen molar-refractivity contribution in [1.82, 2.24) is 9.97 Å². The minimum absolute atomic E-state index is 0.193. The summed E-state index contributed by atoms with van der Waals surface area (Å²) in [7, 11) is 0. The summed E-state index contributed by atoms with van der Waals surface area (Å²) in [4.78, 5) is 20.2. The van der Waals surface area contributed by atoms with Crippen LogP contribution in [-0.2, 0) is 0 Å². The molecule has 2 heterocycles. The lowest BCUT2D eigenvalue weighted by molar-refractivity contribution is 0.0996. The lowest BCUT2D eigenvalue weighted by atomic mass is 10.1. The number of rotatable bonds is 2. The number of nitrogen functional groups attached to an aromatic ring is 1. The van der Waals surface area contributed by atoms with Crippen molar-refractivity contribution in [3.8, 4) is 0 Å². The molecule has 0 atom stereocenters. The van der Waals surface area contributed by atoms with Crippen LogP contribution in [0.5, 0.6) is 0 Å². The Hall–Kier alpha value is -2.89. The third-order valence-electron chi connectivity index (χ3n) is 3.00. The number of amides is 1. The van der Waals surface area contributed by atoms with Gasteiger partial charge in [0.1, 0.15) is 0 Å². The summed E-state index contributed by atoms with van der Waals surface area (Å²) in [5.41, 5.74) is 8.26. The van der Waals surface area contributed by atoms with Gasteiger partial charge >= 0.3 is 0 Å². The summed E-state index contributed by atoms with van der Waals surface area (Å²) >= 11 is 0. The van der Waals surface area contributed by atoms with Crippen LogP contribution < -0.4 is 11.1 Å². The second kappa shape index (κ2) is 4.65. The maximum absolute atomic E-state index is 12.1. The molecule has 0 bridgehead atoms. The highest BCUT2D eigenvalue weighted by molar-refractivity contribution is 6.09. The number of nitrogens with one attached hydrogen (secondary N) is 1. The third-order valence-corrected chi connectivity index (χ3v) is 3.00. The van der Waals surface area contributed by atoms with E-state index in [0.29, 0.717) is 22.6 Å².